The number of carboxylic acids is 6. The van der Waals surface area contributed by atoms with Crippen molar-refractivity contribution < 1.29 is 97.8 Å². The molecule has 0 heterocycles. The lowest BCUT2D eigenvalue weighted by molar-refractivity contribution is -0.144. The van der Waals surface area contributed by atoms with Crippen molar-refractivity contribution in [3.8, 4) is 0 Å². The first-order chi connectivity index (χ1) is 41.8. The van der Waals surface area contributed by atoms with Crippen LogP contribution in [0, 0.1) is 23.7 Å². The molecule has 89 heavy (non-hydrogen) atoms. The van der Waals surface area contributed by atoms with Crippen molar-refractivity contribution >= 4 is 83.1 Å². The molecular weight excluding hydrogens is 1160 g/mol. The van der Waals surface area contributed by atoms with E-state index in [1.165, 1.54) is 19.6 Å². The Morgan fingerprint density at radius 3 is 0.629 bits per heavy atom. The standard InChI is InChI=1S/C61H104N8O20/c1-40(2)36-44(58(86)62-28-10-20-50(72)68(34-16-26-56(82)83)46(38-42(5)6)60(88)64-30-12-23-53(76)77)66(32-14-21-51(73)69(35-17-27-57(84)85)47(39-43(7)8)61(89)65-31-13-24-54(78)79)48(70)18-9-19-49(71)67(33-15-25-55(80)81)45(37-41(3)4)59(87)63-29-11-22-52(74)75/h40-47H,9-39H2,1-8H3,(H,62,86)(H,63,87)(H,64,88)(H,65,89)(H,74,75)(H,76,77)(H,78,79)(H,80,81)(H,82,83)(H,84,85). The van der Waals surface area contributed by atoms with Crippen molar-refractivity contribution in [2.24, 2.45) is 23.7 Å². The number of carboxylic acid groups (broad SMARTS) is 6. The Morgan fingerprint density at radius 1 is 0.258 bits per heavy atom. The lowest BCUT2D eigenvalue weighted by Gasteiger charge is -2.34. The van der Waals surface area contributed by atoms with Gasteiger partial charge in [-0.05, 0) is 107 Å². The lowest BCUT2D eigenvalue weighted by atomic mass is 9.99. The van der Waals surface area contributed by atoms with Crippen LogP contribution in [0.25, 0.3) is 0 Å². The van der Waals surface area contributed by atoms with Gasteiger partial charge in [0.1, 0.15) is 24.2 Å². The van der Waals surface area contributed by atoms with Gasteiger partial charge in [0.05, 0.1) is 0 Å². The van der Waals surface area contributed by atoms with Gasteiger partial charge >= 0.3 is 35.8 Å². The summed E-state index contributed by atoms with van der Waals surface area (Å²) in [6.07, 6.45) is -1.98. The van der Waals surface area contributed by atoms with E-state index in [2.05, 4.69) is 21.3 Å². The largest absolute Gasteiger partial charge is 0.481 e. The Kier molecular flexibility index (Phi) is 42.0. The van der Waals surface area contributed by atoms with Crippen LogP contribution in [-0.2, 0) is 67.1 Å². The average molecular weight is 1270 g/mol. The van der Waals surface area contributed by atoms with Gasteiger partial charge in [0.2, 0.25) is 47.3 Å². The zero-order valence-electron chi connectivity index (χ0n) is 53.7. The van der Waals surface area contributed by atoms with Crippen molar-refractivity contribution in [3.63, 3.8) is 0 Å². The number of rotatable bonds is 52. The van der Waals surface area contributed by atoms with E-state index in [9.17, 15) is 82.4 Å². The van der Waals surface area contributed by atoms with Crippen LogP contribution in [0.3, 0.4) is 0 Å². The molecule has 4 unspecified atom stereocenters. The van der Waals surface area contributed by atoms with Gasteiger partial charge in [0, 0.05) is 117 Å². The molecule has 0 rings (SSSR count). The van der Waals surface area contributed by atoms with Crippen molar-refractivity contribution in [3.05, 3.63) is 0 Å². The molecule has 0 aromatic carbocycles. The summed E-state index contributed by atoms with van der Waals surface area (Å²) in [5.41, 5.74) is 0. The third-order valence-corrected chi connectivity index (χ3v) is 14.2. The molecule has 0 radical (unpaired) electrons. The summed E-state index contributed by atoms with van der Waals surface area (Å²) in [5, 5.41) is 66.6. The highest BCUT2D eigenvalue weighted by Crippen LogP contribution is 2.22. The smallest absolute Gasteiger partial charge is 0.303 e. The summed E-state index contributed by atoms with van der Waals surface area (Å²) in [5.74, 6) is -11.8. The maximum atomic E-state index is 14.7. The molecule has 4 atom stereocenters. The van der Waals surface area contributed by atoms with Gasteiger partial charge in [-0.2, -0.15) is 0 Å². The van der Waals surface area contributed by atoms with Gasteiger partial charge in [-0.25, -0.2) is 0 Å². The molecule has 0 aromatic rings. The quantitative estimate of drug-likeness (QED) is 0.0379. The van der Waals surface area contributed by atoms with Gasteiger partial charge < -0.3 is 71.5 Å². The molecule has 0 saturated carbocycles. The van der Waals surface area contributed by atoms with Crippen LogP contribution < -0.4 is 21.3 Å². The fourth-order valence-electron chi connectivity index (χ4n) is 9.95. The van der Waals surface area contributed by atoms with E-state index >= 15 is 0 Å². The Labute approximate surface area is 523 Å². The minimum Gasteiger partial charge on any atom is -0.481 e. The van der Waals surface area contributed by atoms with E-state index in [1.54, 1.807) is 0 Å². The Balaban J connectivity index is 7.29. The van der Waals surface area contributed by atoms with E-state index in [-0.39, 0.29) is 224 Å². The van der Waals surface area contributed by atoms with Gasteiger partial charge in [-0.3, -0.25) is 67.1 Å². The van der Waals surface area contributed by atoms with Crippen molar-refractivity contribution in [2.45, 2.75) is 227 Å². The predicted molar refractivity (Wildman–Crippen MR) is 325 cm³/mol. The zero-order valence-corrected chi connectivity index (χ0v) is 53.7. The van der Waals surface area contributed by atoms with Gasteiger partial charge in [0.25, 0.3) is 0 Å². The minimum absolute atomic E-state index is 0.00346. The molecule has 10 N–H and O–H groups in total. The van der Waals surface area contributed by atoms with Crippen LogP contribution in [-0.4, -0.2) is 210 Å². The molecule has 0 aromatic heterocycles. The first kappa shape index (κ1) is 81.6. The minimum atomic E-state index is -1.21. The number of carbonyl (C=O) groups is 14. The second kappa shape index (κ2) is 45.8. The molecular formula is C61H104N8O20. The molecule has 0 saturated heterocycles. The molecule has 28 heteroatoms. The highest BCUT2D eigenvalue weighted by molar-refractivity contribution is 5.91. The Bertz CT molecular complexity index is 2300. The molecule has 28 nitrogen and oxygen atoms in total. The number of aliphatic carboxylic acids is 6. The van der Waals surface area contributed by atoms with E-state index in [1.807, 2.05) is 55.4 Å². The van der Waals surface area contributed by atoms with E-state index in [0.29, 0.717) is 0 Å². The Hall–Kier alpha value is -7.42. The SMILES string of the molecule is CC(C)CC(C(=O)NCCCC(=O)O)N(CCCC(=O)O)C(=O)CCCNC(=O)C(CC(C)C)N(CCCC(=O)N(CCCC(=O)O)C(CC(C)C)C(=O)NCCCC(=O)O)C(=O)CCCC(=O)N(CCCC(=O)O)C(CC(C)C)C(=O)NCCCC(=O)O. The molecule has 0 fully saturated rings. The van der Waals surface area contributed by atoms with Crippen LogP contribution in [0.1, 0.15) is 203 Å². The number of hydrogen-bond donors (Lipinski definition) is 10. The van der Waals surface area contributed by atoms with Crippen molar-refractivity contribution in [1.29, 1.82) is 0 Å². The van der Waals surface area contributed by atoms with Gasteiger partial charge in [-0.15, -0.1) is 0 Å². The maximum absolute atomic E-state index is 14.7. The number of carbonyl (C=O) groups excluding carboxylic acids is 8. The Morgan fingerprint density at radius 2 is 0.427 bits per heavy atom. The fraction of sp³-hybridized carbons (Fsp3) is 0.770. The topological polar surface area (TPSA) is 421 Å². The third kappa shape index (κ3) is 37.9. The molecule has 0 aliphatic carbocycles. The first-order valence-electron chi connectivity index (χ1n) is 31.4. The molecule has 0 bridgehead atoms. The van der Waals surface area contributed by atoms with E-state index < -0.39 is 107 Å². The summed E-state index contributed by atoms with van der Waals surface area (Å²) in [6.45, 7) is 13.9. The maximum Gasteiger partial charge on any atom is 0.303 e. The number of hydrogen-bond acceptors (Lipinski definition) is 14. The summed E-state index contributed by atoms with van der Waals surface area (Å²) < 4.78 is 0. The second-order valence-corrected chi connectivity index (χ2v) is 24.1. The summed E-state index contributed by atoms with van der Waals surface area (Å²) in [4.78, 5) is 186. The van der Waals surface area contributed by atoms with Crippen LogP contribution in [0.2, 0.25) is 0 Å². The number of nitrogens with zero attached hydrogens (tertiary/aromatic N) is 4. The number of amides is 8. The molecule has 0 spiro atoms. The molecule has 0 aliphatic heterocycles. The van der Waals surface area contributed by atoms with Crippen LogP contribution in [0.5, 0.6) is 0 Å². The first-order valence-corrected chi connectivity index (χ1v) is 31.4. The molecule has 8 amide bonds. The number of nitrogens with one attached hydrogen (secondary N) is 4. The van der Waals surface area contributed by atoms with E-state index in [4.69, 9.17) is 15.3 Å². The average Bonchev–Trinajstić information content (AvgIpc) is 1.70. The van der Waals surface area contributed by atoms with Crippen molar-refractivity contribution in [1.82, 2.24) is 40.9 Å². The summed E-state index contributed by atoms with van der Waals surface area (Å²) in [6, 6.07) is -4.39. The molecule has 0 aliphatic rings. The monoisotopic (exact) mass is 1270 g/mol. The summed E-state index contributed by atoms with van der Waals surface area (Å²) in [7, 11) is 0. The van der Waals surface area contributed by atoms with Gasteiger partial charge in [-0.1, -0.05) is 55.4 Å². The fourth-order valence-corrected chi connectivity index (χ4v) is 9.95. The normalized spacial score (nSPS) is 12.5. The third-order valence-electron chi connectivity index (χ3n) is 14.2. The van der Waals surface area contributed by atoms with Crippen molar-refractivity contribution in [2.75, 3.05) is 52.4 Å². The predicted octanol–water partition coefficient (Wildman–Crippen LogP) is 4.34. The highest BCUT2D eigenvalue weighted by Gasteiger charge is 2.36. The summed E-state index contributed by atoms with van der Waals surface area (Å²) >= 11 is 0. The van der Waals surface area contributed by atoms with E-state index in [0.717, 1.165) is 0 Å². The van der Waals surface area contributed by atoms with Crippen LogP contribution in [0.4, 0.5) is 0 Å². The van der Waals surface area contributed by atoms with Crippen LogP contribution in [0.15, 0.2) is 0 Å². The second-order valence-electron chi connectivity index (χ2n) is 24.1. The highest BCUT2D eigenvalue weighted by atomic mass is 16.4. The molecule has 508 valence electrons. The lowest BCUT2D eigenvalue weighted by Crippen LogP contribution is -2.52. The van der Waals surface area contributed by atoms with Crippen LogP contribution >= 0.6 is 0 Å². The van der Waals surface area contributed by atoms with Gasteiger partial charge in [0.15, 0.2) is 0 Å². The zero-order chi connectivity index (χ0) is 67.8.